The first-order valence-corrected chi connectivity index (χ1v) is 3.72. The Bertz CT molecular complexity index is 155. The number of alkyl halides is 6. The summed E-state index contributed by atoms with van der Waals surface area (Å²) in [6.07, 6.45) is -5.41. The second kappa shape index (κ2) is 4.19. The summed E-state index contributed by atoms with van der Waals surface area (Å²) in [5.74, 6) is -8.75. The number of rotatable bonds is 5. The Balaban J connectivity index is 4.38. The molecule has 0 bridgehead atoms. The largest absolute Gasteiger partial charge is 0.313 e. The maximum absolute atomic E-state index is 12.5. The highest BCUT2D eigenvalue weighted by atomic mass is 19.3. The van der Waals surface area contributed by atoms with Crippen molar-refractivity contribution in [3.8, 4) is 0 Å². The lowest BCUT2D eigenvalue weighted by Crippen LogP contribution is -2.42. The molecule has 13 heavy (non-hydrogen) atoms. The summed E-state index contributed by atoms with van der Waals surface area (Å²) in [6.45, 7) is -0.814. The topological polar surface area (TPSA) is 0 Å². The van der Waals surface area contributed by atoms with E-state index in [1.165, 1.54) is 0 Å². The molecular formula is C7H10F6. The molecule has 0 N–H and O–H groups in total. The molecule has 0 fully saturated rings. The van der Waals surface area contributed by atoms with Crippen LogP contribution in [0.2, 0.25) is 0 Å². The van der Waals surface area contributed by atoms with Gasteiger partial charge in [0.25, 0.3) is 0 Å². The molecule has 0 amide bonds. The predicted octanol–water partition coefficient (Wildman–Crippen LogP) is 3.36. The van der Waals surface area contributed by atoms with Gasteiger partial charge in [0.15, 0.2) is 0 Å². The van der Waals surface area contributed by atoms with Gasteiger partial charge in [-0.25, -0.2) is 8.78 Å². The van der Waals surface area contributed by atoms with Gasteiger partial charge in [0.1, 0.15) is 12.8 Å². The fourth-order valence-corrected chi connectivity index (χ4v) is 0.741. The Morgan fingerprint density at radius 1 is 1.08 bits per heavy atom. The van der Waals surface area contributed by atoms with Gasteiger partial charge in [0, 0.05) is 6.42 Å². The summed E-state index contributed by atoms with van der Waals surface area (Å²) in [5.41, 5.74) is 0. The predicted molar refractivity (Wildman–Crippen MR) is 35.7 cm³/mol. The molecule has 0 nitrogen and oxygen atoms in total. The van der Waals surface area contributed by atoms with Gasteiger partial charge in [-0.05, 0) is 0 Å². The standard InChI is InChI=1S/C7H10F6/c1-2-6(10,11)7(12,13)3-5(9)4-8/h5H,2-4H2,1H3/t5-/m0/s1. The highest BCUT2D eigenvalue weighted by molar-refractivity contribution is 4.85. The first-order valence-electron chi connectivity index (χ1n) is 3.72. The van der Waals surface area contributed by atoms with Crippen LogP contribution in [-0.4, -0.2) is 24.7 Å². The molecule has 0 rings (SSSR count). The second-order valence-corrected chi connectivity index (χ2v) is 2.72. The highest BCUT2D eigenvalue weighted by Crippen LogP contribution is 2.40. The van der Waals surface area contributed by atoms with Crippen molar-refractivity contribution in [3.63, 3.8) is 0 Å². The zero-order valence-corrected chi connectivity index (χ0v) is 6.97. The van der Waals surface area contributed by atoms with Crippen LogP contribution in [0.4, 0.5) is 26.3 Å². The van der Waals surface area contributed by atoms with Crippen LogP contribution in [0.5, 0.6) is 0 Å². The van der Waals surface area contributed by atoms with Gasteiger partial charge in [-0.3, -0.25) is 0 Å². The molecule has 0 aromatic carbocycles. The SMILES string of the molecule is CCC(F)(F)C(F)(F)C[C@H](F)CF. The third-order valence-electron chi connectivity index (χ3n) is 1.62. The Labute approximate surface area is 71.9 Å². The Morgan fingerprint density at radius 3 is 1.85 bits per heavy atom. The van der Waals surface area contributed by atoms with Gasteiger partial charge in [-0.15, -0.1) is 0 Å². The average molecular weight is 208 g/mol. The first-order chi connectivity index (χ1) is 5.77. The molecule has 0 aromatic heterocycles. The van der Waals surface area contributed by atoms with E-state index in [0.717, 1.165) is 6.92 Å². The third kappa shape index (κ3) is 3.08. The van der Waals surface area contributed by atoms with Gasteiger partial charge in [-0.1, -0.05) is 6.92 Å². The molecule has 0 unspecified atom stereocenters. The lowest BCUT2D eigenvalue weighted by atomic mass is 10.0. The molecule has 6 heteroatoms. The van der Waals surface area contributed by atoms with Crippen LogP contribution in [0.15, 0.2) is 0 Å². The van der Waals surface area contributed by atoms with Crippen molar-refractivity contribution < 1.29 is 26.3 Å². The van der Waals surface area contributed by atoms with E-state index in [4.69, 9.17) is 0 Å². The molecule has 0 heterocycles. The van der Waals surface area contributed by atoms with Gasteiger partial charge < -0.3 is 0 Å². The van der Waals surface area contributed by atoms with Crippen LogP contribution in [0.1, 0.15) is 19.8 Å². The minimum atomic E-state index is -4.48. The molecule has 0 radical (unpaired) electrons. The average Bonchev–Trinajstić information content (AvgIpc) is 2.03. The molecule has 0 aliphatic rings. The molecule has 1 atom stereocenters. The van der Waals surface area contributed by atoms with Crippen molar-refractivity contribution in [1.29, 1.82) is 0 Å². The van der Waals surface area contributed by atoms with Crippen LogP contribution in [-0.2, 0) is 0 Å². The van der Waals surface area contributed by atoms with Crippen molar-refractivity contribution in [3.05, 3.63) is 0 Å². The van der Waals surface area contributed by atoms with Crippen molar-refractivity contribution in [1.82, 2.24) is 0 Å². The molecule has 0 aliphatic heterocycles. The van der Waals surface area contributed by atoms with Crippen LogP contribution < -0.4 is 0 Å². The smallest absolute Gasteiger partial charge is 0.248 e. The minimum absolute atomic E-state index is 0.858. The quantitative estimate of drug-likeness (QED) is 0.607. The summed E-state index contributed by atoms with van der Waals surface area (Å²) < 4.78 is 73.3. The maximum atomic E-state index is 12.5. The Hall–Kier alpha value is -0.420. The highest BCUT2D eigenvalue weighted by Gasteiger charge is 2.55. The second-order valence-electron chi connectivity index (χ2n) is 2.72. The van der Waals surface area contributed by atoms with Crippen LogP contribution in [0, 0.1) is 0 Å². The lowest BCUT2D eigenvalue weighted by molar-refractivity contribution is -0.219. The molecule has 0 aliphatic carbocycles. The van der Waals surface area contributed by atoms with Crippen molar-refractivity contribution >= 4 is 0 Å². The van der Waals surface area contributed by atoms with Gasteiger partial charge in [0.05, 0.1) is 6.42 Å². The van der Waals surface area contributed by atoms with Crippen LogP contribution in [0.3, 0.4) is 0 Å². The van der Waals surface area contributed by atoms with E-state index in [2.05, 4.69) is 0 Å². The number of hydrogen-bond acceptors (Lipinski definition) is 0. The monoisotopic (exact) mass is 208 g/mol. The Kier molecular flexibility index (Phi) is 4.06. The molecule has 0 aromatic rings. The van der Waals surface area contributed by atoms with E-state index in [1.54, 1.807) is 0 Å². The fourth-order valence-electron chi connectivity index (χ4n) is 0.741. The first kappa shape index (κ1) is 12.6. The van der Waals surface area contributed by atoms with E-state index >= 15 is 0 Å². The summed E-state index contributed by atoms with van der Waals surface area (Å²) >= 11 is 0. The number of hydrogen-bond donors (Lipinski definition) is 0. The molecule has 0 spiro atoms. The number of halogens is 6. The van der Waals surface area contributed by atoms with Gasteiger partial charge in [-0.2, -0.15) is 17.6 Å². The van der Waals surface area contributed by atoms with Gasteiger partial charge >= 0.3 is 11.8 Å². The normalized spacial score (nSPS) is 15.9. The van der Waals surface area contributed by atoms with E-state index in [9.17, 15) is 26.3 Å². The zero-order valence-electron chi connectivity index (χ0n) is 6.97. The summed E-state index contributed by atoms with van der Waals surface area (Å²) in [6, 6.07) is 0. The lowest BCUT2D eigenvalue weighted by Gasteiger charge is -2.25. The van der Waals surface area contributed by atoms with E-state index < -0.39 is 37.5 Å². The maximum Gasteiger partial charge on any atom is 0.313 e. The minimum Gasteiger partial charge on any atom is -0.248 e. The van der Waals surface area contributed by atoms with Crippen LogP contribution in [0.25, 0.3) is 0 Å². The fraction of sp³-hybridized carbons (Fsp3) is 1.00. The molecule has 80 valence electrons. The summed E-state index contributed by atoms with van der Waals surface area (Å²) in [7, 11) is 0. The Morgan fingerprint density at radius 2 is 1.54 bits per heavy atom. The molecule has 0 saturated heterocycles. The summed E-state index contributed by atoms with van der Waals surface area (Å²) in [5, 5.41) is 0. The van der Waals surface area contributed by atoms with Crippen molar-refractivity contribution in [2.45, 2.75) is 37.8 Å². The van der Waals surface area contributed by atoms with Gasteiger partial charge in [0.2, 0.25) is 0 Å². The summed E-state index contributed by atoms with van der Waals surface area (Å²) in [4.78, 5) is 0. The van der Waals surface area contributed by atoms with E-state index in [-0.39, 0.29) is 0 Å². The third-order valence-corrected chi connectivity index (χ3v) is 1.62. The zero-order chi connectivity index (χ0) is 10.7. The van der Waals surface area contributed by atoms with Crippen LogP contribution >= 0.6 is 0 Å². The molecular weight excluding hydrogens is 198 g/mol. The van der Waals surface area contributed by atoms with Crippen molar-refractivity contribution in [2.24, 2.45) is 0 Å². The van der Waals surface area contributed by atoms with E-state index in [0.29, 0.717) is 0 Å². The molecule has 0 saturated carbocycles. The van der Waals surface area contributed by atoms with Crippen molar-refractivity contribution in [2.75, 3.05) is 6.67 Å². The van der Waals surface area contributed by atoms with E-state index in [1.807, 2.05) is 0 Å².